The molecule has 0 radical (unpaired) electrons. The number of carboxylic acid groups (broad SMARTS) is 1. The van der Waals surface area contributed by atoms with E-state index in [1.807, 2.05) is 0 Å². The number of pyridine rings is 1. The van der Waals surface area contributed by atoms with Crippen LogP contribution in [0, 0.1) is 0 Å². The molecule has 2 aromatic rings. The Labute approximate surface area is 106 Å². The molecule has 9 heteroatoms. The zero-order valence-electron chi connectivity index (χ0n) is 8.91. The Bertz CT molecular complexity index is 585. The average molecular weight is 270 g/mol. The molecule has 0 aliphatic heterocycles. The van der Waals surface area contributed by atoms with Crippen molar-refractivity contribution in [2.75, 3.05) is 5.32 Å². The molecule has 0 atom stereocenters. The summed E-state index contributed by atoms with van der Waals surface area (Å²) in [4.78, 5) is 15.5. The molecule has 0 fully saturated rings. The predicted molar refractivity (Wildman–Crippen MR) is 61.7 cm³/mol. The van der Waals surface area contributed by atoms with E-state index in [-0.39, 0.29) is 23.1 Å². The van der Waals surface area contributed by atoms with Gasteiger partial charge in [0.25, 0.3) is 0 Å². The number of halogens is 1. The predicted octanol–water partition coefficient (Wildman–Crippen LogP) is 0.898. The zero-order chi connectivity index (χ0) is 13.1. The summed E-state index contributed by atoms with van der Waals surface area (Å²) in [6, 6.07) is 1.39. The number of aliphatic hydroxyl groups excluding tert-OH is 1. The van der Waals surface area contributed by atoms with E-state index in [0.717, 1.165) is 4.80 Å². The van der Waals surface area contributed by atoms with Crippen LogP contribution in [-0.4, -0.2) is 36.3 Å². The van der Waals surface area contributed by atoms with Crippen molar-refractivity contribution in [2.24, 2.45) is 0 Å². The first-order valence-corrected chi connectivity index (χ1v) is 5.16. The number of nitrogens with zero attached hydrogens (tertiary/aromatic N) is 4. The Balaban J connectivity index is 2.32. The van der Waals surface area contributed by atoms with Crippen LogP contribution in [0.4, 0.5) is 10.5 Å². The van der Waals surface area contributed by atoms with Gasteiger partial charge in [-0.2, -0.15) is 5.10 Å². The fourth-order valence-corrected chi connectivity index (χ4v) is 1.48. The minimum absolute atomic E-state index is 0.182. The first kappa shape index (κ1) is 12.3. The van der Waals surface area contributed by atoms with E-state index in [0.29, 0.717) is 5.69 Å². The van der Waals surface area contributed by atoms with Gasteiger partial charge in [-0.25, -0.2) is 9.78 Å². The summed E-state index contributed by atoms with van der Waals surface area (Å²) in [5, 5.41) is 27.5. The van der Waals surface area contributed by atoms with E-state index in [4.69, 9.17) is 21.8 Å². The van der Waals surface area contributed by atoms with E-state index >= 15 is 0 Å². The fraction of sp³-hybridized carbons (Fsp3) is 0.111. The van der Waals surface area contributed by atoms with Gasteiger partial charge in [0.05, 0.1) is 29.7 Å². The average Bonchev–Trinajstić information content (AvgIpc) is 2.76. The molecule has 0 unspecified atom stereocenters. The van der Waals surface area contributed by atoms with Gasteiger partial charge in [-0.15, -0.1) is 9.90 Å². The van der Waals surface area contributed by atoms with Crippen molar-refractivity contribution >= 4 is 23.4 Å². The number of rotatable bonds is 3. The number of carbonyl (C=O) groups is 1. The molecule has 0 bridgehead atoms. The molecule has 2 heterocycles. The van der Waals surface area contributed by atoms with Crippen LogP contribution in [-0.2, 0) is 6.61 Å². The summed E-state index contributed by atoms with van der Waals surface area (Å²) in [5.41, 5.74) is 0.617. The summed E-state index contributed by atoms with van der Waals surface area (Å²) in [6.07, 6.45) is 1.46. The van der Waals surface area contributed by atoms with Crippen LogP contribution >= 0.6 is 11.6 Å². The number of amides is 1. The van der Waals surface area contributed by atoms with Crippen molar-refractivity contribution in [3.8, 4) is 5.82 Å². The number of aliphatic hydroxyl groups is 1. The van der Waals surface area contributed by atoms with Crippen LogP contribution in [0.25, 0.3) is 5.82 Å². The molecule has 18 heavy (non-hydrogen) atoms. The number of anilines is 1. The summed E-state index contributed by atoms with van der Waals surface area (Å²) in [7, 11) is 0. The molecule has 0 aliphatic rings. The van der Waals surface area contributed by atoms with E-state index in [1.165, 1.54) is 18.5 Å². The molecule has 1 amide bonds. The van der Waals surface area contributed by atoms with Crippen LogP contribution in [0.5, 0.6) is 0 Å². The monoisotopic (exact) mass is 269 g/mol. The second-order valence-electron chi connectivity index (χ2n) is 3.24. The Morgan fingerprint density at radius 3 is 2.83 bits per heavy atom. The molecular formula is C9H8ClN5O3. The smallest absolute Gasteiger partial charge is 0.409 e. The topological polar surface area (TPSA) is 113 Å². The van der Waals surface area contributed by atoms with Gasteiger partial charge < -0.3 is 10.2 Å². The van der Waals surface area contributed by atoms with Gasteiger partial charge in [0, 0.05) is 0 Å². The number of aromatic nitrogens is 4. The Morgan fingerprint density at radius 2 is 2.28 bits per heavy atom. The highest BCUT2D eigenvalue weighted by Gasteiger charge is 2.10. The fourth-order valence-electron chi connectivity index (χ4n) is 1.24. The molecular weight excluding hydrogens is 262 g/mol. The van der Waals surface area contributed by atoms with Crippen molar-refractivity contribution in [2.45, 2.75) is 6.61 Å². The van der Waals surface area contributed by atoms with E-state index in [2.05, 4.69) is 20.5 Å². The quantitative estimate of drug-likeness (QED) is 0.763. The number of nitrogens with one attached hydrogen (secondary N) is 1. The Morgan fingerprint density at radius 1 is 1.50 bits per heavy atom. The zero-order valence-corrected chi connectivity index (χ0v) is 9.66. The lowest BCUT2D eigenvalue weighted by molar-refractivity contribution is 0.209. The first-order chi connectivity index (χ1) is 8.60. The van der Waals surface area contributed by atoms with Crippen LogP contribution < -0.4 is 5.32 Å². The summed E-state index contributed by atoms with van der Waals surface area (Å²) >= 11 is 5.94. The van der Waals surface area contributed by atoms with E-state index < -0.39 is 6.09 Å². The molecule has 3 N–H and O–H groups in total. The van der Waals surface area contributed by atoms with Gasteiger partial charge in [0.1, 0.15) is 5.69 Å². The molecule has 0 aliphatic carbocycles. The van der Waals surface area contributed by atoms with Gasteiger partial charge in [-0.1, -0.05) is 11.6 Å². The van der Waals surface area contributed by atoms with Crippen molar-refractivity contribution in [1.29, 1.82) is 0 Å². The maximum absolute atomic E-state index is 10.4. The van der Waals surface area contributed by atoms with Gasteiger partial charge >= 0.3 is 6.09 Å². The Kier molecular flexibility index (Phi) is 3.40. The largest absolute Gasteiger partial charge is 0.465 e. The summed E-state index contributed by atoms with van der Waals surface area (Å²) in [5.74, 6) is 0.243. The van der Waals surface area contributed by atoms with Crippen LogP contribution in [0.1, 0.15) is 5.69 Å². The third-order valence-corrected chi connectivity index (χ3v) is 2.24. The lowest BCUT2D eigenvalue weighted by Crippen LogP contribution is -2.09. The highest BCUT2D eigenvalue weighted by Crippen LogP contribution is 2.20. The van der Waals surface area contributed by atoms with E-state index in [9.17, 15) is 4.79 Å². The normalized spacial score (nSPS) is 10.3. The maximum Gasteiger partial charge on any atom is 0.409 e. The van der Waals surface area contributed by atoms with E-state index in [1.54, 1.807) is 0 Å². The number of hydrogen-bond donors (Lipinski definition) is 3. The molecule has 2 rings (SSSR count). The molecule has 0 aromatic carbocycles. The molecule has 94 valence electrons. The molecule has 0 spiro atoms. The standard InChI is InChI=1S/C9H8ClN5O3/c10-7-1-5(13-9(17)18)2-11-8(7)15-12-3-6(4-16)14-15/h1-3,13,16H,4H2,(H,17,18). The SMILES string of the molecule is O=C(O)Nc1cnc(-n2ncc(CO)n2)c(Cl)c1. The minimum Gasteiger partial charge on any atom is -0.465 e. The van der Waals surface area contributed by atoms with Gasteiger partial charge in [0.15, 0.2) is 5.82 Å². The van der Waals surface area contributed by atoms with Crippen LogP contribution in [0.2, 0.25) is 5.02 Å². The number of hydrogen-bond acceptors (Lipinski definition) is 5. The summed E-state index contributed by atoms with van der Waals surface area (Å²) in [6.45, 7) is -0.240. The first-order valence-electron chi connectivity index (χ1n) is 4.78. The van der Waals surface area contributed by atoms with Crippen molar-refractivity contribution in [1.82, 2.24) is 20.0 Å². The highest BCUT2D eigenvalue weighted by molar-refractivity contribution is 6.32. The van der Waals surface area contributed by atoms with Crippen LogP contribution in [0.3, 0.4) is 0 Å². The second kappa shape index (κ2) is 4.98. The van der Waals surface area contributed by atoms with Crippen molar-refractivity contribution < 1.29 is 15.0 Å². The van der Waals surface area contributed by atoms with Gasteiger partial charge in [-0.3, -0.25) is 5.32 Å². The third kappa shape index (κ3) is 2.55. The highest BCUT2D eigenvalue weighted by atomic mass is 35.5. The lowest BCUT2D eigenvalue weighted by atomic mass is 10.4. The third-order valence-electron chi connectivity index (χ3n) is 1.96. The van der Waals surface area contributed by atoms with Crippen molar-refractivity contribution in [3.63, 3.8) is 0 Å². The van der Waals surface area contributed by atoms with Gasteiger partial charge in [-0.05, 0) is 6.07 Å². The summed E-state index contributed by atoms with van der Waals surface area (Å²) < 4.78 is 0. The molecule has 8 nitrogen and oxygen atoms in total. The second-order valence-corrected chi connectivity index (χ2v) is 3.65. The molecule has 0 saturated carbocycles. The van der Waals surface area contributed by atoms with Crippen molar-refractivity contribution in [3.05, 3.63) is 29.2 Å². The Hall–Kier alpha value is -2.19. The molecule has 0 saturated heterocycles. The lowest BCUT2D eigenvalue weighted by Gasteiger charge is -2.04. The van der Waals surface area contributed by atoms with Crippen LogP contribution in [0.15, 0.2) is 18.5 Å². The maximum atomic E-state index is 10.4. The minimum atomic E-state index is -1.21. The molecule has 2 aromatic heterocycles. The van der Waals surface area contributed by atoms with Gasteiger partial charge in [0.2, 0.25) is 0 Å².